The number of hydrogen-bond donors (Lipinski definition) is 1. The van der Waals surface area contributed by atoms with Crippen LogP contribution in [0.4, 0.5) is 0 Å². The van der Waals surface area contributed by atoms with E-state index in [2.05, 4.69) is 43.2 Å². The van der Waals surface area contributed by atoms with Gasteiger partial charge in [0, 0.05) is 38.8 Å². The molecule has 1 aromatic rings. The maximum absolute atomic E-state index is 5.66. The molecule has 0 unspecified atom stereocenters. The quantitative estimate of drug-likeness (QED) is 0.586. The first-order valence-electron chi connectivity index (χ1n) is 10.2. The Bertz CT molecular complexity index is 642. The minimum absolute atomic E-state index is 0.0223. The van der Waals surface area contributed by atoms with Gasteiger partial charge in [-0.1, -0.05) is 19.4 Å². The van der Waals surface area contributed by atoms with Gasteiger partial charge in [0.1, 0.15) is 0 Å². The van der Waals surface area contributed by atoms with Crippen LogP contribution in [0, 0.1) is 0 Å². The summed E-state index contributed by atoms with van der Waals surface area (Å²) in [5, 5.41) is 3.44. The molecule has 0 atom stereocenters. The van der Waals surface area contributed by atoms with Crippen molar-refractivity contribution in [3.05, 3.63) is 23.8 Å². The Morgan fingerprint density at radius 2 is 1.96 bits per heavy atom. The molecular weight excluding hydrogens is 342 g/mol. The van der Waals surface area contributed by atoms with Crippen LogP contribution in [0.2, 0.25) is 0 Å². The fourth-order valence-electron chi connectivity index (χ4n) is 3.72. The van der Waals surface area contributed by atoms with Gasteiger partial charge in [-0.05, 0) is 43.9 Å². The van der Waals surface area contributed by atoms with E-state index in [1.807, 2.05) is 6.07 Å². The van der Waals surface area contributed by atoms with E-state index in [0.29, 0.717) is 6.79 Å². The van der Waals surface area contributed by atoms with E-state index in [4.69, 9.17) is 19.2 Å². The van der Waals surface area contributed by atoms with Crippen LogP contribution < -0.4 is 14.8 Å². The summed E-state index contributed by atoms with van der Waals surface area (Å²) in [5.41, 5.74) is 1.25. The van der Waals surface area contributed by atoms with Crippen LogP contribution in [-0.2, 0) is 10.2 Å². The van der Waals surface area contributed by atoms with E-state index < -0.39 is 0 Å². The van der Waals surface area contributed by atoms with Gasteiger partial charge in [-0.15, -0.1) is 0 Å². The number of nitrogens with zero attached hydrogens (tertiary/aromatic N) is 2. The molecule has 0 amide bonds. The van der Waals surface area contributed by atoms with Crippen LogP contribution in [0.25, 0.3) is 0 Å². The Balaban J connectivity index is 1.83. The first-order chi connectivity index (χ1) is 13.2. The Morgan fingerprint density at radius 3 is 2.70 bits per heavy atom. The van der Waals surface area contributed by atoms with E-state index >= 15 is 0 Å². The molecule has 0 radical (unpaired) electrons. The Labute approximate surface area is 162 Å². The highest BCUT2D eigenvalue weighted by molar-refractivity contribution is 5.79. The molecule has 6 heteroatoms. The summed E-state index contributed by atoms with van der Waals surface area (Å²) in [5.74, 6) is 2.66. The molecule has 0 bridgehead atoms. The number of hydrogen-bond acceptors (Lipinski definition) is 4. The highest BCUT2D eigenvalue weighted by Crippen LogP contribution is 2.41. The van der Waals surface area contributed by atoms with Crippen molar-refractivity contribution in [1.29, 1.82) is 0 Å². The highest BCUT2D eigenvalue weighted by atomic mass is 16.7. The summed E-state index contributed by atoms with van der Waals surface area (Å²) in [7, 11) is 2.12. The molecule has 0 aromatic heterocycles. The lowest BCUT2D eigenvalue weighted by molar-refractivity contribution is 0.0529. The van der Waals surface area contributed by atoms with Crippen molar-refractivity contribution in [1.82, 2.24) is 10.2 Å². The summed E-state index contributed by atoms with van der Waals surface area (Å²) < 4.78 is 16.8. The van der Waals surface area contributed by atoms with Gasteiger partial charge in [-0.3, -0.25) is 4.99 Å². The van der Waals surface area contributed by atoms with Crippen molar-refractivity contribution >= 4 is 5.96 Å². The largest absolute Gasteiger partial charge is 0.454 e. The average Bonchev–Trinajstić information content (AvgIpc) is 3.18. The van der Waals surface area contributed by atoms with E-state index in [0.717, 1.165) is 63.1 Å². The number of guanidine groups is 1. The molecule has 0 saturated carbocycles. The molecule has 2 aliphatic rings. The molecule has 150 valence electrons. The van der Waals surface area contributed by atoms with Gasteiger partial charge < -0.3 is 24.4 Å². The van der Waals surface area contributed by atoms with Crippen LogP contribution in [0.3, 0.4) is 0 Å². The normalized spacial score (nSPS) is 18.4. The predicted molar refractivity (Wildman–Crippen MR) is 108 cm³/mol. The van der Waals surface area contributed by atoms with Gasteiger partial charge in [0.2, 0.25) is 6.79 Å². The van der Waals surface area contributed by atoms with Crippen LogP contribution in [0.1, 0.15) is 45.1 Å². The molecular formula is C21H33N3O3. The number of rotatable bonds is 7. The maximum Gasteiger partial charge on any atom is 0.231 e. The molecule has 27 heavy (non-hydrogen) atoms. The zero-order chi connectivity index (χ0) is 19.1. The van der Waals surface area contributed by atoms with Crippen LogP contribution in [-0.4, -0.2) is 57.5 Å². The SMILES string of the molecule is CCCCN(C)C(=NCC1(c2ccc3c(c2)OCO3)CCOCC1)NCC. The lowest BCUT2D eigenvalue weighted by Crippen LogP contribution is -2.42. The zero-order valence-corrected chi connectivity index (χ0v) is 16.9. The minimum atomic E-state index is -0.0223. The number of fused-ring (bicyclic) bond motifs is 1. The third kappa shape index (κ3) is 4.67. The molecule has 0 spiro atoms. The van der Waals surface area contributed by atoms with Crippen molar-refractivity contribution in [3.63, 3.8) is 0 Å². The van der Waals surface area contributed by atoms with E-state index in [1.165, 1.54) is 18.4 Å². The molecule has 2 aliphatic heterocycles. The summed E-state index contributed by atoms with van der Waals surface area (Å²) in [4.78, 5) is 7.27. The Hall–Kier alpha value is -1.95. The van der Waals surface area contributed by atoms with Crippen molar-refractivity contribution in [2.45, 2.75) is 44.9 Å². The van der Waals surface area contributed by atoms with Crippen LogP contribution in [0.15, 0.2) is 23.2 Å². The number of ether oxygens (including phenoxy) is 3. The molecule has 1 saturated heterocycles. The summed E-state index contributed by atoms with van der Waals surface area (Å²) >= 11 is 0. The predicted octanol–water partition coefficient (Wildman–Crippen LogP) is 3.16. The average molecular weight is 376 g/mol. The number of nitrogens with one attached hydrogen (secondary N) is 1. The van der Waals surface area contributed by atoms with E-state index in [1.54, 1.807) is 0 Å². The summed E-state index contributed by atoms with van der Waals surface area (Å²) in [6, 6.07) is 6.33. The van der Waals surface area contributed by atoms with Crippen LogP contribution in [0.5, 0.6) is 11.5 Å². The van der Waals surface area contributed by atoms with Gasteiger partial charge in [-0.25, -0.2) is 0 Å². The fraction of sp³-hybridized carbons (Fsp3) is 0.667. The Morgan fingerprint density at radius 1 is 1.19 bits per heavy atom. The van der Waals surface area contributed by atoms with Gasteiger partial charge in [0.05, 0.1) is 6.54 Å². The first kappa shape index (κ1) is 19.8. The lowest BCUT2D eigenvalue weighted by Gasteiger charge is -2.37. The summed E-state index contributed by atoms with van der Waals surface area (Å²) in [6.45, 7) is 8.81. The summed E-state index contributed by atoms with van der Waals surface area (Å²) in [6.07, 6.45) is 4.28. The Kier molecular flexibility index (Phi) is 6.83. The van der Waals surface area contributed by atoms with Crippen molar-refractivity contribution < 1.29 is 14.2 Å². The van der Waals surface area contributed by atoms with Crippen LogP contribution >= 0.6 is 0 Å². The van der Waals surface area contributed by atoms with E-state index in [9.17, 15) is 0 Å². The molecule has 3 rings (SSSR count). The third-order valence-corrected chi connectivity index (χ3v) is 5.51. The lowest BCUT2D eigenvalue weighted by atomic mass is 9.74. The van der Waals surface area contributed by atoms with Crippen molar-refractivity contribution in [2.75, 3.05) is 46.7 Å². The molecule has 6 nitrogen and oxygen atoms in total. The second kappa shape index (κ2) is 9.31. The second-order valence-electron chi connectivity index (χ2n) is 7.41. The highest BCUT2D eigenvalue weighted by Gasteiger charge is 2.35. The molecule has 1 N–H and O–H groups in total. The third-order valence-electron chi connectivity index (χ3n) is 5.51. The first-order valence-corrected chi connectivity index (χ1v) is 10.2. The molecule has 1 fully saturated rings. The molecule has 2 heterocycles. The fourth-order valence-corrected chi connectivity index (χ4v) is 3.72. The number of unbranched alkanes of at least 4 members (excludes halogenated alkanes) is 1. The standard InChI is InChI=1S/C21H33N3O3/c1-4-6-11-24(3)20(22-5-2)23-15-21(9-12-25-13-10-21)17-7-8-18-19(14-17)27-16-26-18/h7-8,14H,4-6,9-13,15-16H2,1-3H3,(H,22,23). The van der Waals surface area contributed by atoms with Gasteiger partial charge in [0.25, 0.3) is 0 Å². The zero-order valence-electron chi connectivity index (χ0n) is 16.9. The maximum atomic E-state index is 5.66. The number of benzene rings is 1. The van der Waals surface area contributed by atoms with Gasteiger partial charge in [0.15, 0.2) is 17.5 Å². The van der Waals surface area contributed by atoms with Crippen molar-refractivity contribution in [3.8, 4) is 11.5 Å². The van der Waals surface area contributed by atoms with Crippen molar-refractivity contribution in [2.24, 2.45) is 4.99 Å². The minimum Gasteiger partial charge on any atom is -0.454 e. The smallest absolute Gasteiger partial charge is 0.231 e. The number of aliphatic imine (C=N–C) groups is 1. The molecule has 1 aromatic carbocycles. The molecule has 0 aliphatic carbocycles. The second-order valence-corrected chi connectivity index (χ2v) is 7.41. The monoisotopic (exact) mass is 375 g/mol. The van der Waals surface area contributed by atoms with Gasteiger partial charge >= 0.3 is 0 Å². The topological polar surface area (TPSA) is 55.3 Å². The van der Waals surface area contributed by atoms with Gasteiger partial charge in [-0.2, -0.15) is 0 Å². The van der Waals surface area contributed by atoms with E-state index in [-0.39, 0.29) is 5.41 Å².